The maximum absolute atomic E-state index is 13.6. The van der Waals surface area contributed by atoms with Gasteiger partial charge in [-0.2, -0.15) is 0 Å². The van der Waals surface area contributed by atoms with Crippen LogP contribution in [0.1, 0.15) is 13.8 Å². The van der Waals surface area contributed by atoms with E-state index in [9.17, 15) is 27.6 Å². The van der Waals surface area contributed by atoms with Crippen molar-refractivity contribution in [1.82, 2.24) is 14.9 Å². The van der Waals surface area contributed by atoms with Gasteiger partial charge in [-0.05, 0) is 37.4 Å². The molecule has 3 rings (SSSR count). The zero-order valence-electron chi connectivity index (χ0n) is 16.4. The average molecular weight is 470 g/mol. The van der Waals surface area contributed by atoms with Crippen molar-refractivity contribution in [2.24, 2.45) is 0 Å². The second-order valence-electron chi connectivity index (χ2n) is 6.33. The van der Waals surface area contributed by atoms with Crippen molar-refractivity contribution >= 4 is 50.8 Å². The molecule has 1 aromatic carbocycles. The van der Waals surface area contributed by atoms with Crippen LogP contribution in [0.3, 0.4) is 0 Å². The fraction of sp³-hybridized carbons (Fsp3) is 0.263. The molecule has 0 bridgehead atoms. The lowest BCUT2D eigenvalue weighted by atomic mass is 10.2. The molecule has 7 nitrogen and oxygen atoms in total. The first kappa shape index (κ1) is 22.8. The first-order valence-corrected chi connectivity index (χ1v) is 10.8. The van der Waals surface area contributed by atoms with Crippen LogP contribution >= 0.6 is 23.1 Å². The fourth-order valence-corrected chi connectivity index (χ4v) is 4.41. The van der Waals surface area contributed by atoms with Gasteiger partial charge in [0, 0.05) is 6.54 Å². The van der Waals surface area contributed by atoms with Gasteiger partial charge in [0.2, 0.25) is 11.8 Å². The Bertz CT molecular complexity index is 1210. The monoisotopic (exact) mass is 470 g/mol. The quantitative estimate of drug-likeness (QED) is 0.314. The Hall–Kier alpha value is -2.86. The fourth-order valence-electron chi connectivity index (χ4n) is 2.63. The van der Waals surface area contributed by atoms with Crippen molar-refractivity contribution in [2.75, 3.05) is 11.9 Å². The Balaban J connectivity index is 1.62. The number of benzene rings is 1. The molecule has 0 aliphatic carbocycles. The predicted octanol–water partition coefficient (Wildman–Crippen LogP) is 3.13. The van der Waals surface area contributed by atoms with Crippen molar-refractivity contribution < 1.29 is 22.8 Å². The molecule has 12 heteroatoms. The Morgan fingerprint density at radius 2 is 1.97 bits per heavy atom. The molecule has 0 saturated heterocycles. The maximum atomic E-state index is 13.6. The number of hydrogen-bond donors (Lipinski definition) is 2. The summed E-state index contributed by atoms with van der Waals surface area (Å²) in [5.74, 6) is -5.96. The highest BCUT2D eigenvalue weighted by molar-refractivity contribution is 8.00. The highest BCUT2D eigenvalue weighted by Crippen LogP contribution is 2.24. The molecule has 0 spiro atoms. The number of nitrogens with zero attached hydrogens (tertiary/aromatic N) is 2. The summed E-state index contributed by atoms with van der Waals surface area (Å²) < 4.78 is 41.8. The molecule has 0 fully saturated rings. The highest BCUT2D eigenvalue weighted by Gasteiger charge is 2.21. The molecule has 2 amide bonds. The number of amides is 2. The molecule has 164 valence electrons. The van der Waals surface area contributed by atoms with Crippen LogP contribution in [-0.2, 0) is 16.1 Å². The van der Waals surface area contributed by atoms with E-state index in [0.29, 0.717) is 28.0 Å². The van der Waals surface area contributed by atoms with Gasteiger partial charge in [-0.25, -0.2) is 18.2 Å². The van der Waals surface area contributed by atoms with Gasteiger partial charge in [-0.15, -0.1) is 11.3 Å². The van der Waals surface area contributed by atoms with Crippen LogP contribution in [0.15, 0.2) is 33.5 Å². The first-order valence-electron chi connectivity index (χ1n) is 9.08. The normalized spacial score (nSPS) is 12.0. The minimum atomic E-state index is -1.70. The summed E-state index contributed by atoms with van der Waals surface area (Å²) >= 11 is 2.35. The second kappa shape index (κ2) is 9.52. The Morgan fingerprint density at radius 3 is 2.68 bits per heavy atom. The van der Waals surface area contributed by atoms with Gasteiger partial charge >= 0.3 is 0 Å². The van der Waals surface area contributed by atoms with Gasteiger partial charge in [-0.3, -0.25) is 19.0 Å². The van der Waals surface area contributed by atoms with E-state index in [-0.39, 0.29) is 5.56 Å². The number of thioether (sulfide) groups is 1. The van der Waals surface area contributed by atoms with E-state index in [0.717, 1.165) is 17.8 Å². The van der Waals surface area contributed by atoms with Crippen LogP contribution in [0.25, 0.3) is 10.2 Å². The van der Waals surface area contributed by atoms with Crippen LogP contribution in [0.5, 0.6) is 0 Å². The third kappa shape index (κ3) is 4.90. The molecule has 3 aromatic rings. The third-order valence-electron chi connectivity index (χ3n) is 4.23. The Morgan fingerprint density at radius 1 is 1.23 bits per heavy atom. The number of anilines is 1. The van der Waals surface area contributed by atoms with Crippen LogP contribution in [-0.4, -0.2) is 33.2 Å². The molecular formula is C19H17F3N4O3S2. The van der Waals surface area contributed by atoms with Crippen molar-refractivity contribution in [3.05, 3.63) is 51.4 Å². The number of carbonyl (C=O) groups is 2. The average Bonchev–Trinajstić information content (AvgIpc) is 3.21. The molecule has 0 radical (unpaired) electrons. The summed E-state index contributed by atoms with van der Waals surface area (Å²) in [6.45, 7) is 3.23. The summed E-state index contributed by atoms with van der Waals surface area (Å²) in [5, 5.41) is 5.87. The van der Waals surface area contributed by atoms with Crippen molar-refractivity contribution in [3.63, 3.8) is 0 Å². The molecule has 2 heterocycles. The van der Waals surface area contributed by atoms with E-state index in [1.807, 2.05) is 0 Å². The first-order chi connectivity index (χ1) is 14.7. The van der Waals surface area contributed by atoms with E-state index < -0.39 is 46.7 Å². The molecular weight excluding hydrogens is 453 g/mol. The van der Waals surface area contributed by atoms with E-state index >= 15 is 0 Å². The number of nitrogens with one attached hydrogen (secondary N) is 2. The summed E-state index contributed by atoms with van der Waals surface area (Å²) in [6.07, 6.45) is 0. The molecule has 1 atom stereocenters. The lowest BCUT2D eigenvalue weighted by molar-refractivity contribution is -0.123. The van der Waals surface area contributed by atoms with Gasteiger partial charge in [0.15, 0.2) is 22.6 Å². The number of rotatable bonds is 7. The standard InChI is InChI=1S/C19H17F3N4O3S2/c1-3-26-18(29)16-12(6-7-30-16)25-19(26)31-9(2)17(28)23-8-13(27)24-11-5-4-10(20)14(21)15(11)22/h4-7,9H,3,8H2,1-2H3,(H,23,28)(H,24,27). The lowest BCUT2D eigenvalue weighted by Crippen LogP contribution is -2.37. The van der Waals surface area contributed by atoms with Gasteiger partial charge in [-0.1, -0.05) is 11.8 Å². The van der Waals surface area contributed by atoms with Gasteiger partial charge in [0.1, 0.15) is 4.70 Å². The van der Waals surface area contributed by atoms with Gasteiger partial charge in [0.25, 0.3) is 5.56 Å². The number of aromatic nitrogens is 2. The minimum Gasteiger partial charge on any atom is -0.346 e. The highest BCUT2D eigenvalue weighted by atomic mass is 32.2. The number of fused-ring (bicyclic) bond motifs is 1. The summed E-state index contributed by atoms with van der Waals surface area (Å²) in [6, 6.07) is 3.27. The zero-order chi connectivity index (χ0) is 22.7. The van der Waals surface area contributed by atoms with Crippen molar-refractivity contribution in [2.45, 2.75) is 30.8 Å². The largest absolute Gasteiger partial charge is 0.346 e. The van der Waals surface area contributed by atoms with E-state index in [2.05, 4.69) is 15.6 Å². The van der Waals surface area contributed by atoms with Crippen LogP contribution in [0.4, 0.5) is 18.9 Å². The van der Waals surface area contributed by atoms with Crippen molar-refractivity contribution in [3.8, 4) is 0 Å². The van der Waals surface area contributed by atoms with Gasteiger partial charge in [0.05, 0.1) is 23.0 Å². The zero-order valence-corrected chi connectivity index (χ0v) is 18.0. The topological polar surface area (TPSA) is 93.1 Å². The molecule has 31 heavy (non-hydrogen) atoms. The second-order valence-corrected chi connectivity index (χ2v) is 8.55. The maximum Gasteiger partial charge on any atom is 0.272 e. The van der Waals surface area contributed by atoms with Crippen LogP contribution in [0, 0.1) is 17.5 Å². The Kier molecular flexibility index (Phi) is 7.01. The molecule has 2 N–H and O–H groups in total. The smallest absolute Gasteiger partial charge is 0.272 e. The molecule has 1 unspecified atom stereocenters. The van der Waals surface area contributed by atoms with E-state index in [4.69, 9.17) is 0 Å². The lowest BCUT2D eigenvalue weighted by Gasteiger charge is -2.15. The SMILES string of the molecule is CCn1c(SC(C)C(=O)NCC(=O)Nc2ccc(F)c(F)c2F)nc2ccsc2c1=O. The number of hydrogen-bond acceptors (Lipinski definition) is 6. The number of carbonyl (C=O) groups excluding carboxylic acids is 2. The summed E-state index contributed by atoms with van der Waals surface area (Å²) in [7, 11) is 0. The molecule has 0 aliphatic heterocycles. The Labute approximate surface area is 182 Å². The third-order valence-corrected chi connectivity index (χ3v) is 6.21. The molecule has 0 aliphatic rings. The van der Waals surface area contributed by atoms with Crippen molar-refractivity contribution in [1.29, 1.82) is 0 Å². The van der Waals surface area contributed by atoms with E-state index in [1.54, 1.807) is 25.3 Å². The summed E-state index contributed by atoms with van der Waals surface area (Å²) in [5.41, 5.74) is -0.186. The van der Waals surface area contributed by atoms with E-state index in [1.165, 1.54) is 15.9 Å². The number of thiophene rings is 1. The number of halogens is 3. The van der Waals surface area contributed by atoms with Crippen LogP contribution in [0.2, 0.25) is 0 Å². The summed E-state index contributed by atoms with van der Waals surface area (Å²) in [4.78, 5) is 41.3. The predicted molar refractivity (Wildman–Crippen MR) is 113 cm³/mol. The minimum absolute atomic E-state index is 0.189. The van der Waals surface area contributed by atoms with Gasteiger partial charge < -0.3 is 10.6 Å². The molecule has 0 saturated carbocycles. The van der Waals surface area contributed by atoms with Crippen LogP contribution < -0.4 is 16.2 Å². The molecule has 2 aromatic heterocycles.